The molecule has 0 spiro atoms. The van der Waals surface area contributed by atoms with Gasteiger partial charge in [-0.2, -0.15) is 0 Å². The molecule has 0 saturated heterocycles. The lowest BCUT2D eigenvalue weighted by Crippen LogP contribution is -2.36. The van der Waals surface area contributed by atoms with E-state index in [0.29, 0.717) is 13.1 Å². The van der Waals surface area contributed by atoms with E-state index in [1.54, 1.807) is 13.1 Å². The van der Waals surface area contributed by atoms with Crippen LogP contribution in [0.25, 0.3) is 0 Å². The molecule has 1 unspecified atom stereocenters. The summed E-state index contributed by atoms with van der Waals surface area (Å²) in [5, 5.41) is 6.43. The molecule has 0 aromatic heterocycles. The van der Waals surface area contributed by atoms with E-state index < -0.39 is 0 Å². The summed E-state index contributed by atoms with van der Waals surface area (Å²) >= 11 is 0. The SMILES string of the molecule is C=CCNC(=NC)NCc1ccc(C)cc1OC(C)CC. The normalized spacial score (nSPS) is 12.7. The molecule has 0 heterocycles. The number of hydrogen-bond acceptors (Lipinski definition) is 2. The van der Waals surface area contributed by atoms with Crippen LogP contribution in [-0.4, -0.2) is 25.7 Å². The Morgan fingerprint density at radius 2 is 2.19 bits per heavy atom. The highest BCUT2D eigenvalue weighted by molar-refractivity contribution is 5.79. The number of aryl methyl sites for hydroxylation is 1. The zero-order chi connectivity index (χ0) is 15.7. The van der Waals surface area contributed by atoms with Crippen LogP contribution in [0.15, 0.2) is 35.8 Å². The molecule has 1 rings (SSSR count). The first-order valence-electron chi connectivity index (χ1n) is 7.42. The van der Waals surface area contributed by atoms with Crippen molar-refractivity contribution in [2.45, 2.75) is 39.8 Å². The zero-order valence-corrected chi connectivity index (χ0v) is 13.6. The van der Waals surface area contributed by atoms with Crippen LogP contribution in [0.4, 0.5) is 0 Å². The Morgan fingerprint density at radius 3 is 2.81 bits per heavy atom. The van der Waals surface area contributed by atoms with Gasteiger partial charge < -0.3 is 15.4 Å². The zero-order valence-electron chi connectivity index (χ0n) is 13.6. The van der Waals surface area contributed by atoms with Gasteiger partial charge in [0.15, 0.2) is 5.96 Å². The van der Waals surface area contributed by atoms with Gasteiger partial charge in [0, 0.05) is 25.7 Å². The Labute approximate surface area is 128 Å². The van der Waals surface area contributed by atoms with Crippen LogP contribution in [0, 0.1) is 6.92 Å². The quantitative estimate of drug-likeness (QED) is 0.461. The average Bonchev–Trinajstić information content (AvgIpc) is 2.49. The van der Waals surface area contributed by atoms with Crippen molar-refractivity contribution in [2.24, 2.45) is 4.99 Å². The fraction of sp³-hybridized carbons (Fsp3) is 0.471. The fourth-order valence-electron chi connectivity index (χ4n) is 1.79. The Morgan fingerprint density at radius 1 is 1.43 bits per heavy atom. The summed E-state index contributed by atoms with van der Waals surface area (Å²) < 4.78 is 6.01. The largest absolute Gasteiger partial charge is 0.490 e. The summed E-state index contributed by atoms with van der Waals surface area (Å²) in [6.07, 6.45) is 3.00. The molecule has 1 atom stereocenters. The summed E-state index contributed by atoms with van der Waals surface area (Å²) in [5.41, 5.74) is 2.33. The summed E-state index contributed by atoms with van der Waals surface area (Å²) in [6, 6.07) is 6.28. The van der Waals surface area contributed by atoms with Crippen LogP contribution in [0.5, 0.6) is 5.75 Å². The molecule has 1 aromatic carbocycles. The Balaban J connectivity index is 2.75. The third-order valence-corrected chi connectivity index (χ3v) is 3.21. The molecule has 0 aliphatic carbocycles. The highest BCUT2D eigenvalue weighted by Crippen LogP contribution is 2.22. The minimum absolute atomic E-state index is 0.212. The van der Waals surface area contributed by atoms with Gasteiger partial charge in [-0.15, -0.1) is 6.58 Å². The number of aliphatic imine (C=N–C) groups is 1. The highest BCUT2D eigenvalue weighted by Gasteiger charge is 2.08. The molecule has 0 bridgehead atoms. The molecule has 21 heavy (non-hydrogen) atoms. The van der Waals surface area contributed by atoms with E-state index >= 15 is 0 Å². The standard InChI is InChI=1S/C17H27N3O/c1-6-10-19-17(18-5)20-12-15-9-8-13(3)11-16(15)21-14(4)7-2/h6,8-9,11,14H,1,7,10,12H2,2-5H3,(H2,18,19,20). The van der Waals surface area contributed by atoms with Crippen molar-refractivity contribution in [1.29, 1.82) is 0 Å². The fourth-order valence-corrected chi connectivity index (χ4v) is 1.79. The van der Waals surface area contributed by atoms with Gasteiger partial charge in [0.05, 0.1) is 6.10 Å². The van der Waals surface area contributed by atoms with E-state index in [9.17, 15) is 0 Å². The van der Waals surface area contributed by atoms with Gasteiger partial charge in [-0.3, -0.25) is 4.99 Å². The van der Waals surface area contributed by atoms with E-state index in [1.807, 2.05) is 0 Å². The molecule has 0 saturated carbocycles. The number of nitrogens with zero attached hydrogens (tertiary/aromatic N) is 1. The molecule has 4 heteroatoms. The predicted octanol–water partition coefficient (Wildman–Crippen LogP) is 3.02. The van der Waals surface area contributed by atoms with Crippen LogP contribution in [0.3, 0.4) is 0 Å². The van der Waals surface area contributed by atoms with Crippen molar-refractivity contribution < 1.29 is 4.74 Å². The molecule has 0 amide bonds. The summed E-state index contributed by atoms with van der Waals surface area (Å²) in [4.78, 5) is 4.17. The van der Waals surface area contributed by atoms with Crippen LogP contribution >= 0.6 is 0 Å². The smallest absolute Gasteiger partial charge is 0.191 e. The number of benzene rings is 1. The third-order valence-electron chi connectivity index (χ3n) is 3.21. The summed E-state index contributed by atoms with van der Waals surface area (Å²) in [7, 11) is 1.75. The molecule has 2 N–H and O–H groups in total. The van der Waals surface area contributed by atoms with E-state index in [2.05, 4.69) is 61.2 Å². The number of rotatable bonds is 7. The molecule has 116 valence electrons. The number of hydrogen-bond donors (Lipinski definition) is 2. The summed E-state index contributed by atoms with van der Waals surface area (Å²) in [5.74, 6) is 1.70. The summed E-state index contributed by atoms with van der Waals surface area (Å²) in [6.45, 7) is 11.3. The lowest BCUT2D eigenvalue weighted by Gasteiger charge is -2.18. The average molecular weight is 289 g/mol. The molecule has 0 fully saturated rings. The van der Waals surface area contributed by atoms with Crippen molar-refractivity contribution >= 4 is 5.96 Å². The molecular weight excluding hydrogens is 262 g/mol. The Bertz CT molecular complexity index is 483. The maximum absolute atomic E-state index is 6.01. The number of guanidine groups is 1. The van der Waals surface area contributed by atoms with Crippen molar-refractivity contribution in [2.75, 3.05) is 13.6 Å². The predicted molar refractivity (Wildman–Crippen MR) is 90.0 cm³/mol. The molecule has 0 radical (unpaired) electrons. The second-order valence-corrected chi connectivity index (χ2v) is 5.04. The topological polar surface area (TPSA) is 45.7 Å². The minimum Gasteiger partial charge on any atom is -0.490 e. The van der Waals surface area contributed by atoms with E-state index in [4.69, 9.17) is 4.74 Å². The van der Waals surface area contributed by atoms with Crippen LogP contribution in [0.2, 0.25) is 0 Å². The number of nitrogens with one attached hydrogen (secondary N) is 2. The lowest BCUT2D eigenvalue weighted by atomic mass is 10.1. The molecule has 4 nitrogen and oxygen atoms in total. The van der Waals surface area contributed by atoms with Gasteiger partial charge >= 0.3 is 0 Å². The van der Waals surface area contributed by atoms with Gasteiger partial charge in [-0.1, -0.05) is 25.1 Å². The van der Waals surface area contributed by atoms with Crippen molar-refractivity contribution in [1.82, 2.24) is 10.6 Å². The highest BCUT2D eigenvalue weighted by atomic mass is 16.5. The van der Waals surface area contributed by atoms with Crippen molar-refractivity contribution in [3.8, 4) is 5.75 Å². The molecule has 1 aromatic rings. The Hall–Kier alpha value is -1.97. The van der Waals surface area contributed by atoms with Crippen LogP contribution < -0.4 is 15.4 Å². The first kappa shape index (κ1) is 17.1. The van der Waals surface area contributed by atoms with Gasteiger partial charge in [-0.05, 0) is 31.9 Å². The minimum atomic E-state index is 0.212. The van der Waals surface area contributed by atoms with E-state index in [0.717, 1.165) is 23.7 Å². The Kier molecular flexibility index (Phi) is 7.37. The van der Waals surface area contributed by atoms with Crippen LogP contribution in [0.1, 0.15) is 31.4 Å². The maximum atomic E-state index is 6.01. The molecule has 0 aliphatic heterocycles. The van der Waals surface area contributed by atoms with Gasteiger partial charge in [0.2, 0.25) is 0 Å². The first-order valence-corrected chi connectivity index (χ1v) is 7.42. The van der Waals surface area contributed by atoms with Crippen molar-refractivity contribution in [3.05, 3.63) is 42.0 Å². The van der Waals surface area contributed by atoms with E-state index in [-0.39, 0.29) is 6.10 Å². The lowest BCUT2D eigenvalue weighted by molar-refractivity contribution is 0.215. The van der Waals surface area contributed by atoms with Gasteiger partial charge in [0.1, 0.15) is 5.75 Å². The van der Waals surface area contributed by atoms with E-state index in [1.165, 1.54) is 5.56 Å². The van der Waals surface area contributed by atoms with Gasteiger partial charge in [0.25, 0.3) is 0 Å². The molecule has 0 aliphatic rings. The monoisotopic (exact) mass is 289 g/mol. The third kappa shape index (κ3) is 5.90. The second kappa shape index (κ2) is 9.06. The second-order valence-electron chi connectivity index (χ2n) is 5.04. The number of ether oxygens (including phenoxy) is 1. The van der Waals surface area contributed by atoms with Crippen LogP contribution in [-0.2, 0) is 6.54 Å². The molecular formula is C17H27N3O. The van der Waals surface area contributed by atoms with Gasteiger partial charge in [-0.25, -0.2) is 0 Å². The maximum Gasteiger partial charge on any atom is 0.191 e. The van der Waals surface area contributed by atoms with Crippen molar-refractivity contribution in [3.63, 3.8) is 0 Å². The first-order chi connectivity index (χ1) is 10.1.